The standard InChI is InChI=1S/C16H19N3O2/c1-2-20-14-6-4-3-5-11(14)15-18-16(21-19-15)12-9-10-7-8-13(12)17-10/h3-6,10,12-13,17H,2,7-9H2,1H3. The predicted molar refractivity (Wildman–Crippen MR) is 78.2 cm³/mol. The summed E-state index contributed by atoms with van der Waals surface area (Å²) >= 11 is 0. The first-order chi connectivity index (χ1) is 10.3. The van der Waals surface area contributed by atoms with Crippen LogP contribution in [0.15, 0.2) is 28.8 Å². The summed E-state index contributed by atoms with van der Waals surface area (Å²) < 4.78 is 11.2. The van der Waals surface area contributed by atoms with Gasteiger partial charge >= 0.3 is 0 Å². The van der Waals surface area contributed by atoms with Crippen LogP contribution >= 0.6 is 0 Å². The number of nitrogens with one attached hydrogen (secondary N) is 1. The third-order valence-corrected chi connectivity index (χ3v) is 4.49. The molecule has 21 heavy (non-hydrogen) atoms. The van der Waals surface area contributed by atoms with Crippen molar-refractivity contribution in [1.82, 2.24) is 15.5 Å². The van der Waals surface area contributed by atoms with Gasteiger partial charge in [0, 0.05) is 12.1 Å². The molecule has 1 aromatic carbocycles. The van der Waals surface area contributed by atoms with Crippen LogP contribution in [0.3, 0.4) is 0 Å². The second-order valence-corrected chi connectivity index (χ2v) is 5.78. The maximum Gasteiger partial charge on any atom is 0.231 e. The van der Waals surface area contributed by atoms with Crippen molar-refractivity contribution in [3.8, 4) is 17.1 Å². The maximum atomic E-state index is 5.64. The van der Waals surface area contributed by atoms with Crippen molar-refractivity contribution in [3.63, 3.8) is 0 Å². The van der Waals surface area contributed by atoms with E-state index in [-0.39, 0.29) is 0 Å². The zero-order valence-corrected chi connectivity index (χ0v) is 12.1. The monoisotopic (exact) mass is 285 g/mol. The van der Waals surface area contributed by atoms with Gasteiger partial charge in [-0.3, -0.25) is 0 Å². The number of fused-ring (bicyclic) bond motifs is 2. The molecule has 3 unspecified atom stereocenters. The number of benzene rings is 1. The second-order valence-electron chi connectivity index (χ2n) is 5.78. The van der Waals surface area contributed by atoms with E-state index in [0.717, 1.165) is 23.6 Å². The van der Waals surface area contributed by atoms with Gasteiger partial charge in [0.15, 0.2) is 0 Å². The Bertz CT molecular complexity index is 640. The number of hydrogen-bond acceptors (Lipinski definition) is 5. The molecular weight excluding hydrogens is 266 g/mol. The lowest BCUT2D eigenvalue weighted by molar-refractivity contribution is 0.328. The quantitative estimate of drug-likeness (QED) is 0.936. The van der Waals surface area contributed by atoms with Gasteiger partial charge in [-0.2, -0.15) is 4.98 Å². The summed E-state index contributed by atoms with van der Waals surface area (Å²) in [6, 6.07) is 8.96. The minimum absolute atomic E-state index is 0.365. The molecule has 3 atom stereocenters. The summed E-state index contributed by atoms with van der Waals surface area (Å²) in [5, 5.41) is 7.77. The van der Waals surface area contributed by atoms with Gasteiger partial charge in [-0.25, -0.2) is 0 Å². The van der Waals surface area contributed by atoms with Gasteiger partial charge in [0.25, 0.3) is 0 Å². The molecule has 4 rings (SSSR count). The molecule has 5 heteroatoms. The molecular formula is C16H19N3O2. The topological polar surface area (TPSA) is 60.2 Å². The van der Waals surface area contributed by atoms with Crippen LogP contribution in [0.25, 0.3) is 11.4 Å². The third-order valence-electron chi connectivity index (χ3n) is 4.49. The second kappa shape index (κ2) is 5.15. The molecule has 2 aromatic rings. The van der Waals surface area contributed by atoms with E-state index in [2.05, 4.69) is 15.5 Å². The lowest BCUT2D eigenvalue weighted by Gasteiger charge is -2.15. The summed E-state index contributed by atoms with van der Waals surface area (Å²) in [6.45, 7) is 2.59. The first kappa shape index (κ1) is 12.8. The molecule has 3 heterocycles. The SMILES string of the molecule is CCOc1ccccc1-c1noc(C2CC3CCC2N3)n1. The van der Waals surface area contributed by atoms with Gasteiger partial charge in [-0.1, -0.05) is 17.3 Å². The van der Waals surface area contributed by atoms with E-state index in [4.69, 9.17) is 9.26 Å². The van der Waals surface area contributed by atoms with Crippen LogP contribution in [-0.4, -0.2) is 28.8 Å². The molecule has 5 nitrogen and oxygen atoms in total. The van der Waals surface area contributed by atoms with E-state index >= 15 is 0 Å². The van der Waals surface area contributed by atoms with Gasteiger partial charge < -0.3 is 14.6 Å². The molecule has 1 N–H and O–H groups in total. The average Bonchev–Trinajstić information content (AvgIpc) is 3.24. The van der Waals surface area contributed by atoms with Crippen LogP contribution in [-0.2, 0) is 0 Å². The van der Waals surface area contributed by atoms with Gasteiger partial charge in [0.1, 0.15) is 5.75 Å². The number of hydrogen-bond donors (Lipinski definition) is 1. The molecule has 2 aliphatic heterocycles. The molecule has 1 aromatic heterocycles. The minimum Gasteiger partial charge on any atom is -0.493 e. The van der Waals surface area contributed by atoms with E-state index in [1.807, 2.05) is 31.2 Å². The number of nitrogens with zero attached hydrogens (tertiary/aromatic N) is 2. The Kier molecular flexibility index (Phi) is 3.15. The highest BCUT2D eigenvalue weighted by atomic mass is 16.5. The maximum absolute atomic E-state index is 5.64. The van der Waals surface area contributed by atoms with E-state index in [0.29, 0.717) is 30.4 Å². The summed E-state index contributed by atoms with van der Waals surface area (Å²) in [5.41, 5.74) is 0.894. The first-order valence-electron chi connectivity index (χ1n) is 7.67. The summed E-state index contributed by atoms with van der Waals surface area (Å²) in [6.07, 6.45) is 3.59. The Morgan fingerprint density at radius 2 is 2.24 bits per heavy atom. The number of rotatable bonds is 4. The molecule has 2 aliphatic rings. The van der Waals surface area contributed by atoms with E-state index in [9.17, 15) is 0 Å². The molecule has 0 spiro atoms. The van der Waals surface area contributed by atoms with Crippen molar-refractivity contribution >= 4 is 0 Å². The summed E-state index contributed by atoms with van der Waals surface area (Å²) in [4.78, 5) is 4.63. The fourth-order valence-electron chi connectivity index (χ4n) is 3.53. The Morgan fingerprint density at radius 1 is 1.33 bits per heavy atom. The molecule has 0 amide bonds. The normalized spacial score (nSPS) is 27.2. The molecule has 0 radical (unpaired) electrons. The van der Waals surface area contributed by atoms with E-state index < -0.39 is 0 Å². The molecule has 2 fully saturated rings. The summed E-state index contributed by atoms with van der Waals surface area (Å²) in [7, 11) is 0. The Hall–Kier alpha value is -1.88. The van der Waals surface area contributed by atoms with Crippen LogP contribution < -0.4 is 10.1 Å². The highest BCUT2D eigenvalue weighted by Gasteiger charge is 2.42. The number of para-hydroxylation sites is 1. The number of aromatic nitrogens is 2. The Balaban J connectivity index is 1.63. The van der Waals surface area contributed by atoms with Crippen LogP contribution in [0.1, 0.15) is 38.0 Å². The molecule has 110 valence electrons. The van der Waals surface area contributed by atoms with E-state index in [1.165, 1.54) is 12.8 Å². The highest BCUT2D eigenvalue weighted by Crippen LogP contribution is 2.40. The summed E-state index contributed by atoms with van der Waals surface area (Å²) in [5.74, 6) is 2.55. The minimum atomic E-state index is 0.365. The Labute approximate surface area is 123 Å². The van der Waals surface area contributed by atoms with Crippen molar-refractivity contribution in [2.75, 3.05) is 6.61 Å². The average molecular weight is 285 g/mol. The molecule has 0 saturated carbocycles. The lowest BCUT2D eigenvalue weighted by Crippen LogP contribution is -2.21. The smallest absolute Gasteiger partial charge is 0.231 e. The van der Waals surface area contributed by atoms with Gasteiger partial charge in [-0.15, -0.1) is 0 Å². The number of ether oxygens (including phenoxy) is 1. The highest BCUT2D eigenvalue weighted by molar-refractivity contribution is 5.63. The molecule has 2 saturated heterocycles. The predicted octanol–water partition coefficient (Wildman–Crippen LogP) is 2.74. The van der Waals surface area contributed by atoms with Crippen LogP contribution in [0.4, 0.5) is 0 Å². The fourth-order valence-corrected chi connectivity index (χ4v) is 3.53. The Morgan fingerprint density at radius 3 is 3.00 bits per heavy atom. The lowest BCUT2D eigenvalue weighted by atomic mass is 9.89. The van der Waals surface area contributed by atoms with Crippen molar-refractivity contribution in [2.24, 2.45) is 0 Å². The fraction of sp³-hybridized carbons (Fsp3) is 0.500. The van der Waals surface area contributed by atoms with Crippen LogP contribution in [0.2, 0.25) is 0 Å². The van der Waals surface area contributed by atoms with Crippen LogP contribution in [0, 0.1) is 0 Å². The third kappa shape index (κ3) is 2.21. The van der Waals surface area contributed by atoms with Crippen molar-refractivity contribution in [3.05, 3.63) is 30.2 Å². The molecule has 0 aliphatic carbocycles. The van der Waals surface area contributed by atoms with Crippen LogP contribution in [0.5, 0.6) is 5.75 Å². The van der Waals surface area contributed by atoms with E-state index in [1.54, 1.807) is 0 Å². The van der Waals surface area contributed by atoms with Gasteiger partial charge in [0.2, 0.25) is 11.7 Å². The largest absolute Gasteiger partial charge is 0.493 e. The molecule has 2 bridgehead atoms. The zero-order valence-electron chi connectivity index (χ0n) is 12.1. The van der Waals surface area contributed by atoms with Gasteiger partial charge in [-0.05, 0) is 38.3 Å². The zero-order chi connectivity index (χ0) is 14.2. The van der Waals surface area contributed by atoms with Crippen molar-refractivity contribution in [2.45, 2.75) is 44.2 Å². The van der Waals surface area contributed by atoms with Gasteiger partial charge in [0.05, 0.1) is 18.1 Å². The first-order valence-corrected chi connectivity index (χ1v) is 7.67. The van der Waals surface area contributed by atoms with Crippen molar-refractivity contribution in [1.29, 1.82) is 0 Å². The van der Waals surface area contributed by atoms with Crippen molar-refractivity contribution < 1.29 is 9.26 Å².